The predicted octanol–water partition coefficient (Wildman–Crippen LogP) is 3.05. The van der Waals surface area contributed by atoms with Gasteiger partial charge in [0.15, 0.2) is 0 Å². The van der Waals surface area contributed by atoms with E-state index in [9.17, 15) is 30.8 Å². The predicted molar refractivity (Wildman–Crippen MR) is 77.3 cm³/mol. The number of alkyl halides is 3. The van der Waals surface area contributed by atoms with E-state index in [1.807, 2.05) is 0 Å². The van der Waals surface area contributed by atoms with Crippen LogP contribution in [0.2, 0.25) is 0 Å². The third kappa shape index (κ3) is 3.91. The molecule has 1 N–H and O–H groups in total. The molecule has 0 radical (unpaired) electrons. The smallest absolute Gasteiger partial charge is 0.348 e. The van der Waals surface area contributed by atoms with Gasteiger partial charge >= 0.3 is 5.51 Å². The number of amides is 1. The average molecular weight is 361 g/mol. The largest absolute Gasteiger partial charge is 0.501 e. The maximum Gasteiger partial charge on any atom is 0.501 e. The molecule has 0 bridgehead atoms. The van der Waals surface area contributed by atoms with Crippen LogP contribution in [0.3, 0.4) is 0 Å². The lowest BCUT2D eigenvalue weighted by molar-refractivity contribution is -0.0436. The number of halogens is 4. The zero-order chi connectivity index (χ0) is 18.0. The molecule has 0 saturated carbocycles. The van der Waals surface area contributed by atoms with Gasteiger partial charge in [-0.05, 0) is 42.0 Å². The Hall–Kier alpha value is -2.42. The van der Waals surface area contributed by atoms with E-state index in [4.69, 9.17) is 0 Å². The first-order valence-electron chi connectivity index (χ1n) is 6.55. The van der Waals surface area contributed by atoms with Gasteiger partial charge < -0.3 is 5.32 Å². The van der Waals surface area contributed by atoms with Crippen LogP contribution < -0.4 is 5.32 Å². The maximum atomic E-state index is 13.0. The number of carbonyl (C=O) groups excluding carboxylic acids is 1. The van der Waals surface area contributed by atoms with Crippen molar-refractivity contribution in [2.45, 2.75) is 16.9 Å². The fourth-order valence-electron chi connectivity index (χ4n) is 1.85. The topological polar surface area (TPSA) is 63.2 Å². The van der Waals surface area contributed by atoms with Gasteiger partial charge in [0, 0.05) is 12.1 Å². The third-order valence-electron chi connectivity index (χ3n) is 3.07. The molecule has 2 aromatic rings. The summed E-state index contributed by atoms with van der Waals surface area (Å²) in [5.41, 5.74) is -4.93. The summed E-state index contributed by atoms with van der Waals surface area (Å²) in [6, 6.07) is 8.87. The van der Waals surface area contributed by atoms with Gasteiger partial charge in [0.05, 0.1) is 4.90 Å². The van der Waals surface area contributed by atoms with E-state index in [2.05, 4.69) is 5.32 Å². The standard InChI is InChI=1S/C15H11F4NO3S/c16-12-3-1-2-10(8-12)9-20-14(21)11-4-6-13(7-5-11)24(22,23)15(17,18)19/h1-8H,9H2,(H,20,21). The van der Waals surface area contributed by atoms with E-state index in [0.717, 1.165) is 12.1 Å². The molecule has 0 spiro atoms. The lowest BCUT2D eigenvalue weighted by Gasteiger charge is -2.09. The monoisotopic (exact) mass is 361 g/mol. The summed E-state index contributed by atoms with van der Waals surface area (Å²) in [5.74, 6) is -1.10. The molecular weight excluding hydrogens is 350 g/mol. The Kier molecular flexibility index (Phi) is 4.93. The average Bonchev–Trinajstić information content (AvgIpc) is 2.52. The summed E-state index contributed by atoms with van der Waals surface area (Å²) in [4.78, 5) is 10.9. The number of carbonyl (C=O) groups is 1. The normalized spacial score (nSPS) is 12.0. The Morgan fingerprint density at radius 2 is 1.67 bits per heavy atom. The van der Waals surface area contributed by atoms with E-state index >= 15 is 0 Å². The highest BCUT2D eigenvalue weighted by atomic mass is 32.2. The number of sulfone groups is 1. The molecule has 9 heteroatoms. The Morgan fingerprint density at radius 3 is 2.21 bits per heavy atom. The van der Waals surface area contributed by atoms with E-state index < -0.39 is 32.0 Å². The number of hydrogen-bond acceptors (Lipinski definition) is 3. The van der Waals surface area contributed by atoms with Gasteiger partial charge in [0.25, 0.3) is 15.7 Å². The molecule has 24 heavy (non-hydrogen) atoms. The second-order valence-electron chi connectivity index (χ2n) is 4.79. The summed E-state index contributed by atoms with van der Waals surface area (Å²) in [6.45, 7) is 0.0131. The van der Waals surface area contributed by atoms with Gasteiger partial charge in [-0.1, -0.05) is 12.1 Å². The van der Waals surface area contributed by atoms with Crippen LogP contribution in [0.5, 0.6) is 0 Å². The number of rotatable bonds is 4. The van der Waals surface area contributed by atoms with Crippen LogP contribution in [0.25, 0.3) is 0 Å². The summed E-state index contributed by atoms with van der Waals surface area (Å²) in [5, 5.41) is 2.45. The molecule has 4 nitrogen and oxygen atoms in total. The minimum atomic E-state index is -5.45. The van der Waals surface area contributed by atoms with Crippen molar-refractivity contribution in [2.24, 2.45) is 0 Å². The van der Waals surface area contributed by atoms with Crippen molar-refractivity contribution >= 4 is 15.7 Å². The summed E-state index contributed by atoms with van der Waals surface area (Å²) in [7, 11) is -5.45. The lowest BCUT2D eigenvalue weighted by Crippen LogP contribution is -2.24. The number of nitrogens with one attached hydrogen (secondary N) is 1. The number of hydrogen-bond donors (Lipinski definition) is 1. The van der Waals surface area contributed by atoms with Gasteiger partial charge in [0.2, 0.25) is 0 Å². The highest BCUT2D eigenvalue weighted by molar-refractivity contribution is 7.92. The minimum absolute atomic E-state index is 0.0131. The first kappa shape index (κ1) is 17.9. The Balaban J connectivity index is 2.09. The zero-order valence-corrected chi connectivity index (χ0v) is 12.8. The van der Waals surface area contributed by atoms with Crippen LogP contribution in [-0.4, -0.2) is 19.8 Å². The van der Waals surface area contributed by atoms with Gasteiger partial charge in [-0.2, -0.15) is 13.2 Å². The fraction of sp³-hybridized carbons (Fsp3) is 0.133. The maximum absolute atomic E-state index is 13.0. The Morgan fingerprint density at radius 1 is 1.04 bits per heavy atom. The Bertz CT molecular complexity index is 846. The lowest BCUT2D eigenvalue weighted by atomic mass is 10.2. The summed E-state index contributed by atoms with van der Waals surface area (Å²) >= 11 is 0. The molecule has 0 aliphatic carbocycles. The molecule has 1 amide bonds. The molecular formula is C15H11F4NO3S. The van der Waals surface area contributed by atoms with Crippen molar-refractivity contribution in [1.29, 1.82) is 0 Å². The van der Waals surface area contributed by atoms with E-state index in [1.165, 1.54) is 18.2 Å². The molecule has 0 unspecified atom stereocenters. The number of benzene rings is 2. The minimum Gasteiger partial charge on any atom is -0.348 e. The molecule has 0 atom stereocenters. The second-order valence-corrected chi connectivity index (χ2v) is 6.73. The van der Waals surface area contributed by atoms with Crippen LogP contribution in [0.4, 0.5) is 17.6 Å². The molecule has 0 saturated heterocycles. The van der Waals surface area contributed by atoms with Gasteiger partial charge in [0.1, 0.15) is 5.82 Å². The van der Waals surface area contributed by atoms with Gasteiger partial charge in [-0.25, -0.2) is 12.8 Å². The van der Waals surface area contributed by atoms with Gasteiger partial charge in [-0.3, -0.25) is 4.79 Å². The first-order chi connectivity index (χ1) is 11.1. The van der Waals surface area contributed by atoms with Crippen molar-refractivity contribution < 1.29 is 30.8 Å². The molecule has 0 aromatic heterocycles. The van der Waals surface area contributed by atoms with Crippen molar-refractivity contribution in [3.05, 3.63) is 65.5 Å². The van der Waals surface area contributed by atoms with Crippen molar-refractivity contribution in [2.75, 3.05) is 0 Å². The summed E-state index contributed by atoms with van der Waals surface area (Å²) < 4.78 is 72.7. The third-order valence-corrected chi connectivity index (χ3v) is 4.58. The van der Waals surface area contributed by atoms with E-state index in [1.54, 1.807) is 6.07 Å². The highest BCUT2D eigenvalue weighted by Crippen LogP contribution is 2.30. The fourth-order valence-corrected chi connectivity index (χ4v) is 2.61. The molecule has 2 aromatic carbocycles. The second kappa shape index (κ2) is 6.60. The van der Waals surface area contributed by atoms with Crippen molar-refractivity contribution in [3.8, 4) is 0 Å². The van der Waals surface area contributed by atoms with E-state index in [0.29, 0.717) is 17.7 Å². The highest BCUT2D eigenvalue weighted by Gasteiger charge is 2.46. The van der Waals surface area contributed by atoms with Crippen molar-refractivity contribution in [3.63, 3.8) is 0 Å². The van der Waals surface area contributed by atoms with E-state index in [-0.39, 0.29) is 12.1 Å². The SMILES string of the molecule is O=C(NCc1cccc(F)c1)c1ccc(S(=O)(=O)C(F)(F)F)cc1. The van der Waals surface area contributed by atoms with Crippen molar-refractivity contribution in [1.82, 2.24) is 5.32 Å². The summed E-state index contributed by atoms with van der Waals surface area (Å²) in [6.07, 6.45) is 0. The van der Waals surface area contributed by atoms with Crippen LogP contribution in [0.15, 0.2) is 53.4 Å². The first-order valence-corrected chi connectivity index (χ1v) is 8.03. The molecule has 2 rings (SSSR count). The quantitative estimate of drug-likeness (QED) is 0.852. The molecule has 0 heterocycles. The molecule has 0 fully saturated rings. The van der Waals surface area contributed by atoms with Gasteiger partial charge in [-0.15, -0.1) is 0 Å². The van der Waals surface area contributed by atoms with Crippen LogP contribution in [0.1, 0.15) is 15.9 Å². The molecule has 0 aliphatic heterocycles. The zero-order valence-electron chi connectivity index (χ0n) is 12.0. The van der Waals surface area contributed by atoms with Crippen LogP contribution in [-0.2, 0) is 16.4 Å². The van der Waals surface area contributed by atoms with Crippen LogP contribution >= 0.6 is 0 Å². The molecule has 0 aliphatic rings. The Labute approximate surface area is 135 Å². The molecule has 128 valence electrons. The van der Waals surface area contributed by atoms with Crippen LogP contribution in [0, 0.1) is 5.82 Å².